The summed E-state index contributed by atoms with van der Waals surface area (Å²) < 4.78 is 5.78. The lowest BCUT2D eigenvalue weighted by Gasteiger charge is -2.32. The van der Waals surface area contributed by atoms with Gasteiger partial charge in [0.2, 0.25) is 0 Å². The van der Waals surface area contributed by atoms with Crippen molar-refractivity contribution in [1.82, 2.24) is 15.2 Å². The van der Waals surface area contributed by atoms with Gasteiger partial charge < -0.3 is 19.9 Å². The van der Waals surface area contributed by atoms with Crippen LogP contribution in [-0.4, -0.2) is 49.7 Å². The highest BCUT2D eigenvalue weighted by Crippen LogP contribution is 2.24. The Morgan fingerprint density at radius 2 is 2.38 bits per heavy atom. The molecule has 7 heteroatoms. The van der Waals surface area contributed by atoms with E-state index < -0.39 is 0 Å². The van der Waals surface area contributed by atoms with Gasteiger partial charge in [-0.3, -0.25) is 0 Å². The van der Waals surface area contributed by atoms with E-state index in [2.05, 4.69) is 21.7 Å². The van der Waals surface area contributed by atoms with Crippen molar-refractivity contribution < 1.29 is 9.53 Å². The van der Waals surface area contributed by atoms with Crippen molar-refractivity contribution in [2.45, 2.75) is 12.6 Å². The van der Waals surface area contributed by atoms with Gasteiger partial charge in [-0.1, -0.05) is 6.07 Å². The molecule has 1 aliphatic rings. The van der Waals surface area contributed by atoms with E-state index in [1.54, 1.807) is 17.5 Å². The number of nitrogens with one attached hydrogen (secondary N) is 1. The summed E-state index contributed by atoms with van der Waals surface area (Å²) in [6, 6.07) is 5.86. The van der Waals surface area contributed by atoms with Crippen LogP contribution in [0.4, 0.5) is 10.6 Å². The van der Waals surface area contributed by atoms with E-state index in [0.717, 1.165) is 16.9 Å². The van der Waals surface area contributed by atoms with Crippen molar-refractivity contribution in [3.8, 4) is 0 Å². The Balaban J connectivity index is 1.59. The predicted octanol–water partition coefficient (Wildman–Crippen LogP) is 2.49. The SMILES string of the molecule is CN(C)c1ncccc1CNC(=O)N1CCOC(c2ccsc2)C1. The molecule has 0 radical (unpaired) electrons. The lowest BCUT2D eigenvalue weighted by molar-refractivity contribution is -0.0152. The monoisotopic (exact) mass is 346 g/mol. The van der Waals surface area contributed by atoms with E-state index in [-0.39, 0.29) is 12.1 Å². The van der Waals surface area contributed by atoms with Crippen LogP contribution < -0.4 is 10.2 Å². The molecule has 0 saturated carbocycles. The van der Waals surface area contributed by atoms with E-state index in [1.807, 2.05) is 41.4 Å². The Morgan fingerprint density at radius 1 is 1.50 bits per heavy atom. The molecule has 1 saturated heterocycles. The fourth-order valence-corrected chi connectivity index (χ4v) is 3.45. The molecule has 1 unspecified atom stereocenters. The summed E-state index contributed by atoms with van der Waals surface area (Å²) in [5.74, 6) is 0.871. The highest BCUT2D eigenvalue weighted by molar-refractivity contribution is 7.07. The van der Waals surface area contributed by atoms with Crippen molar-refractivity contribution in [2.24, 2.45) is 0 Å². The second-order valence-electron chi connectivity index (χ2n) is 5.90. The number of aromatic nitrogens is 1. The van der Waals surface area contributed by atoms with E-state index in [1.165, 1.54) is 0 Å². The first-order valence-corrected chi connectivity index (χ1v) is 8.87. The number of carbonyl (C=O) groups is 1. The van der Waals surface area contributed by atoms with Crippen molar-refractivity contribution in [3.05, 3.63) is 46.3 Å². The molecule has 2 amide bonds. The van der Waals surface area contributed by atoms with Gasteiger partial charge in [-0.25, -0.2) is 9.78 Å². The molecule has 0 bridgehead atoms. The van der Waals surface area contributed by atoms with Crippen LogP contribution in [0.25, 0.3) is 0 Å². The van der Waals surface area contributed by atoms with Gasteiger partial charge in [0.25, 0.3) is 0 Å². The number of hydrogen-bond acceptors (Lipinski definition) is 5. The minimum Gasteiger partial charge on any atom is -0.370 e. The molecule has 24 heavy (non-hydrogen) atoms. The summed E-state index contributed by atoms with van der Waals surface area (Å²) >= 11 is 1.64. The van der Waals surface area contributed by atoms with Gasteiger partial charge in [-0.05, 0) is 28.5 Å². The predicted molar refractivity (Wildman–Crippen MR) is 95.4 cm³/mol. The second-order valence-corrected chi connectivity index (χ2v) is 6.68. The first-order chi connectivity index (χ1) is 11.6. The molecule has 2 aromatic heterocycles. The summed E-state index contributed by atoms with van der Waals surface area (Å²) in [6.07, 6.45) is 1.72. The molecule has 0 aromatic carbocycles. The number of nitrogens with zero attached hydrogens (tertiary/aromatic N) is 3. The maximum absolute atomic E-state index is 12.5. The summed E-state index contributed by atoms with van der Waals surface area (Å²) in [5.41, 5.74) is 2.14. The van der Waals surface area contributed by atoms with Gasteiger partial charge in [0.1, 0.15) is 11.9 Å². The zero-order chi connectivity index (χ0) is 16.9. The number of rotatable bonds is 4. The lowest BCUT2D eigenvalue weighted by Crippen LogP contribution is -2.47. The van der Waals surface area contributed by atoms with Crippen molar-refractivity contribution in [2.75, 3.05) is 38.7 Å². The number of pyridine rings is 1. The van der Waals surface area contributed by atoms with Gasteiger partial charge in [-0.15, -0.1) is 0 Å². The summed E-state index contributed by atoms with van der Waals surface area (Å²) in [6.45, 7) is 2.21. The Labute approximate surface area is 146 Å². The first-order valence-electron chi connectivity index (χ1n) is 7.93. The fourth-order valence-electron chi connectivity index (χ4n) is 2.75. The zero-order valence-corrected chi connectivity index (χ0v) is 14.8. The molecule has 3 heterocycles. The number of urea groups is 1. The number of anilines is 1. The average Bonchev–Trinajstić information content (AvgIpc) is 3.14. The Hall–Kier alpha value is -2.12. The number of amides is 2. The highest BCUT2D eigenvalue weighted by atomic mass is 32.1. The van der Waals surface area contributed by atoms with Crippen LogP contribution in [0, 0.1) is 0 Å². The van der Waals surface area contributed by atoms with Gasteiger partial charge in [0, 0.05) is 38.9 Å². The third-order valence-electron chi connectivity index (χ3n) is 3.99. The molecule has 0 aliphatic carbocycles. The van der Waals surface area contributed by atoms with E-state index in [0.29, 0.717) is 26.2 Å². The van der Waals surface area contributed by atoms with Gasteiger partial charge in [0.15, 0.2) is 0 Å². The molecule has 1 aliphatic heterocycles. The topological polar surface area (TPSA) is 57.7 Å². The molecule has 1 atom stereocenters. The number of carbonyl (C=O) groups excluding carboxylic acids is 1. The van der Waals surface area contributed by atoms with Crippen LogP contribution in [0.15, 0.2) is 35.2 Å². The smallest absolute Gasteiger partial charge is 0.317 e. The molecule has 1 N–H and O–H groups in total. The standard InChI is InChI=1S/C17H22N4O2S/c1-20(2)16-13(4-3-6-18-16)10-19-17(22)21-7-8-23-15(11-21)14-5-9-24-12-14/h3-6,9,12,15H,7-8,10-11H2,1-2H3,(H,19,22). The number of hydrogen-bond donors (Lipinski definition) is 1. The summed E-state index contributed by atoms with van der Waals surface area (Å²) in [7, 11) is 3.89. The minimum absolute atomic E-state index is 0.0357. The molecular formula is C17H22N4O2S. The van der Waals surface area contributed by atoms with Crippen LogP contribution in [0.1, 0.15) is 17.2 Å². The van der Waals surface area contributed by atoms with Crippen molar-refractivity contribution >= 4 is 23.2 Å². The number of thiophene rings is 1. The van der Waals surface area contributed by atoms with E-state index in [9.17, 15) is 4.79 Å². The molecule has 128 valence electrons. The van der Waals surface area contributed by atoms with Crippen LogP contribution >= 0.6 is 11.3 Å². The Kier molecular flexibility index (Phi) is 5.32. The van der Waals surface area contributed by atoms with E-state index in [4.69, 9.17) is 4.74 Å². The van der Waals surface area contributed by atoms with Crippen LogP contribution in [-0.2, 0) is 11.3 Å². The highest BCUT2D eigenvalue weighted by Gasteiger charge is 2.25. The third kappa shape index (κ3) is 3.85. The Morgan fingerprint density at radius 3 is 3.12 bits per heavy atom. The largest absolute Gasteiger partial charge is 0.370 e. The summed E-state index contributed by atoms with van der Waals surface area (Å²) in [5, 5.41) is 7.10. The molecule has 6 nitrogen and oxygen atoms in total. The number of morpholine rings is 1. The number of ether oxygens (including phenoxy) is 1. The molecule has 3 rings (SSSR count). The van der Waals surface area contributed by atoms with Crippen LogP contribution in [0.5, 0.6) is 0 Å². The van der Waals surface area contributed by atoms with Crippen LogP contribution in [0.3, 0.4) is 0 Å². The van der Waals surface area contributed by atoms with Gasteiger partial charge >= 0.3 is 6.03 Å². The third-order valence-corrected chi connectivity index (χ3v) is 4.69. The Bertz CT molecular complexity index is 675. The maximum atomic E-state index is 12.5. The first kappa shape index (κ1) is 16.7. The van der Waals surface area contributed by atoms with Gasteiger partial charge in [-0.2, -0.15) is 11.3 Å². The fraction of sp³-hybridized carbons (Fsp3) is 0.412. The lowest BCUT2D eigenvalue weighted by atomic mass is 10.1. The maximum Gasteiger partial charge on any atom is 0.317 e. The molecule has 2 aromatic rings. The van der Waals surface area contributed by atoms with E-state index >= 15 is 0 Å². The summed E-state index contributed by atoms with van der Waals surface area (Å²) in [4.78, 5) is 20.6. The van der Waals surface area contributed by atoms with Crippen molar-refractivity contribution in [3.63, 3.8) is 0 Å². The van der Waals surface area contributed by atoms with Gasteiger partial charge in [0.05, 0.1) is 13.2 Å². The quantitative estimate of drug-likeness (QED) is 0.924. The molecule has 1 fully saturated rings. The normalized spacial score (nSPS) is 17.6. The molecule has 0 spiro atoms. The molecular weight excluding hydrogens is 324 g/mol. The zero-order valence-electron chi connectivity index (χ0n) is 13.9. The van der Waals surface area contributed by atoms with Crippen LogP contribution in [0.2, 0.25) is 0 Å². The minimum atomic E-state index is -0.0629. The average molecular weight is 346 g/mol. The van der Waals surface area contributed by atoms with Crippen molar-refractivity contribution in [1.29, 1.82) is 0 Å². The second kappa shape index (κ2) is 7.63.